The van der Waals surface area contributed by atoms with E-state index in [4.69, 9.17) is 9.47 Å². The Bertz CT molecular complexity index is 683. The summed E-state index contributed by atoms with van der Waals surface area (Å²) in [5, 5.41) is 3.07. The van der Waals surface area contributed by atoms with Gasteiger partial charge in [-0.25, -0.2) is 9.97 Å². The van der Waals surface area contributed by atoms with Crippen LogP contribution in [0, 0.1) is 0 Å². The Hall–Kier alpha value is -2.41. The van der Waals surface area contributed by atoms with Crippen molar-refractivity contribution in [2.24, 2.45) is 7.05 Å². The first-order chi connectivity index (χ1) is 11.7. The van der Waals surface area contributed by atoms with Gasteiger partial charge in [0.25, 0.3) is 5.91 Å². The second-order valence-corrected chi connectivity index (χ2v) is 5.80. The Kier molecular flexibility index (Phi) is 5.10. The molecule has 1 fully saturated rings. The van der Waals surface area contributed by atoms with Crippen LogP contribution in [0.25, 0.3) is 0 Å². The lowest BCUT2D eigenvalue weighted by molar-refractivity contribution is -0.00301. The van der Waals surface area contributed by atoms with Gasteiger partial charge in [-0.15, -0.1) is 0 Å². The SMILES string of the molecule is CCOc1ccc(C(=O)N[C@H]2CCO[C@H](c3cncn3C)C2)cn1. The summed E-state index contributed by atoms with van der Waals surface area (Å²) >= 11 is 0. The van der Waals surface area contributed by atoms with Crippen LogP contribution in [0.4, 0.5) is 0 Å². The molecule has 0 aliphatic carbocycles. The van der Waals surface area contributed by atoms with E-state index in [-0.39, 0.29) is 18.1 Å². The summed E-state index contributed by atoms with van der Waals surface area (Å²) < 4.78 is 13.1. The van der Waals surface area contributed by atoms with Crippen LogP contribution in [-0.4, -0.2) is 39.7 Å². The molecular weight excluding hydrogens is 308 g/mol. The van der Waals surface area contributed by atoms with Crippen molar-refractivity contribution in [3.8, 4) is 5.88 Å². The van der Waals surface area contributed by atoms with Gasteiger partial charge in [-0.2, -0.15) is 0 Å². The zero-order valence-electron chi connectivity index (χ0n) is 13.9. The smallest absolute Gasteiger partial charge is 0.253 e. The molecule has 0 saturated carbocycles. The van der Waals surface area contributed by atoms with Gasteiger partial charge in [0.05, 0.1) is 30.4 Å². The van der Waals surface area contributed by atoms with Crippen LogP contribution in [-0.2, 0) is 11.8 Å². The molecule has 1 saturated heterocycles. The average molecular weight is 330 g/mol. The fourth-order valence-corrected chi connectivity index (χ4v) is 2.83. The number of hydrogen-bond donors (Lipinski definition) is 1. The van der Waals surface area contributed by atoms with Crippen molar-refractivity contribution >= 4 is 5.91 Å². The molecule has 0 spiro atoms. The highest BCUT2D eigenvalue weighted by Crippen LogP contribution is 2.27. The molecule has 0 radical (unpaired) electrons. The molecule has 24 heavy (non-hydrogen) atoms. The second kappa shape index (κ2) is 7.44. The lowest BCUT2D eigenvalue weighted by Gasteiger charge is -2.30. The molecule has 2 atom stereocenters. The average Bonchev–Trinajstić information content (AvgIpc) is 3.02. The number of hydrogen-bond acceptors (Lipinski definition) is 5. The maximum absolute atomic E-state index is 12.4. The summed E-state index contributed by atoms with van der Waals surface area (Å²) in [6.45, 7) is 3.06. The van der Waals surface area contributed by atoms with E-state index in [9.17, 15) is 4.79 Å². The van der Waals surface area contributed by atoms with Crippen LogP contribution < -0.4 is 10.1 Å². The van der Waals surface area contributed by atoms with E-state index in [0.29, 0.717) is 24.7 Å². The Labute approximate surface area is 141 Å². The van der Waals surface area contributed by atoms with Crippen molar-refractivity contribution in [3.63, 3.8) is 0 Å². The van der Waals surface area contributed by atoms with E-state index in [2.05, 4.69) is 15.3 Å². The molecule has 1 amide bonds. The molecule has 2 aromatic heterocycles. The number of rotatable bonds is 5. The lowest BCUT2D eigenvalue weighted by atomic mass is 10.0. The van der Waals surface area contributed by atoms with Crippen LogP contribution in [0.1, 0.15) is 41.9 Å². The van der Waals surface area contributed by atoms with Gasteiger partial charge in [0.1, 0.15) is 6.10 Å². The molecule has 7 heteroatoms. The van der Waals surface area contributed by atoms with Gasteiger partial charge >= 0.3 is 0 Å². The van der Waals surface area contributed by atoms with Gasteiger partial charge in [0, 0.05) is 32.0 Å². The van der Waals surface area contributed by atoms with Crippen molar-refractivity contribution in [2.45, 2.75) is 31.9 Å². The number of nitrogens with one attached hydrogen (secondary N) is 1. The molecular formula is C17H22N4O3. The Balaban J connectivity index is 1.60. The number of pyridine rings is 1. The van der Waals surface area contributed by atoms with Crippen LogP contribution >= 0.6 is 0 Å². The standard InChI is InChI=1S/C17H22N4O3/c1-3-23-16-5-4-12(9-19-16)17(22)20-13-6-7-24-15(8-13)14-10-18-11-21(14)2/h4-5,9-11,13,15H,3,6-8H2,1-2H3,(H,20,22)/t13-,15-/m0/s1. The number of aryl methyl sites for hydroxylation is 1. The van der Waals surface area contributed by atoms with Crippen molar-refractivity contribution in [1.29, 1.82) is 0 Å². The highest BCUT2D eigenvalue weighted by molar-refractivity contribution is 5.94. The molecule has 0 unspecified atom stereocenters. The van der Waals surface area contributed by atoms with Gasteiger partial charge in [0.15, 0.2) is 0 Å². The molecule has 128 valence electrons. The Morgan fingerprint density at radius 3 is 3.00 bits per heavy atom. The molecule has 1 aliphatic heterocycles. The minimum absolute atomic E-state index is 0.0463. The van der Waals surface area contributed by atoms with Crippen molar-refractivity contribution in [3.05, 3.63) is 42.1 Å². The zero-order valence-corrected chi connectivity index (χ0v) is 13.9. The monoisotopic (exact) mass is 330 g/mol. The molecule has 3 rings (SSSR count). The van der Waals surface area contributed by atoms with E-state index in [1.807, 2.05) is 24.7 Å². The first-order valence-electron chi connectivity index (χ1n) is 8.15. The van der Waals surface area contributed by atoms with E-state index in [0.717, 1.165) is 18.5 Å². The maximum Gasteiger partial charge on any atom is 0.253 e. The highest BCUT2D eigenvalue weighted by Gasteiger charge is 2.27. The van der Waals surface area contributed by atoms with Crippen LogP contribution in [0.3, 0.4) is 0 Å². The predicted molar refractivity (Wildman–Crippen MR) is 87.8 cm³/mol. The third kappa shape index (κ3) is 3.73. The van der Waals surface area contributed by atoms with Crippen LogP contribution in [0.2, 0.25) is 0 Å². The van der Waals surface area contributed by atoms with Gasteiger partial charge in [-0.05, 0) is 25.8 Å². The maximum atomic E-state index is 12.4. The summed E-state index contributed by atoms with van der Waals surface area (Å²) in [6, 6.07) is 3.50. The Morgan fingerprint density at radius 2 is 2.33 bits per heavy atom. The first kappa shape index (κ1) is 16.4. The molecule has 0 aromatic carbocycles. The number of imidazole rings is 1. The fourth-order valence-electron chi connectivity index (χ4n) is 2.83. The van der Waals surface area contributed by atoms with Crippen LogP contribution in [0.5, 0.6) is 5.88 Å². The van der Waals surface area contributed by atoms with Crippen molar-refractivity contribution in [1.82, 2.24) is 19.9 Å². The number of nitrogens with zero attached hydrogens (tertiary/aromatic N) is 3. The number of carbonyl (C=O) groups is 1. The van der Waals surface area contributed by atoms with E-state index < -0.39 is 0 Å². The fraction of sp³-hybridized carbons (Fsp3) is 0.471. The Morgan fingerprint density at radius 1 is 1.46 bits per heavy atom. The van der Waals surface area contributed by atoms with Gasteiger partial charge in [0.2, 0.25) is 5.88 Å². The van der Waals surface area contributed by atoms with Gasteiger partial charge < -0.3 is 19.4 Å². The van der Waals surface area contributed by atoms with E-state index in [1.54, 1.807) is 18.5 Å². The molecule has 0 bridgehead atoms. The zero-order chi connectivity index (χ0) is 16.9. The molecule has 3 heterocycles. The summed E-state index contributed by atoms with van der Waals surface area (Å²) in [5.41, 5.74) is 1.55. The summed E-state index contributed by atoms with van der Waals surface area (Å²) in [7, 11) is 1.94. The third-order valence-corrected chi connectivity index (χ3v) is 4.09. The highest BCUT2D eigenvalue weighted by atomic mass is 16.5. The summed E-state index contributed by atoms with van der Waals surface area (Å²) in [4.78, 5) is 20.7. The lowest BCUT2D eigenvalue weighted by Crippen LogP contribution is -2.40. The topological polar surface area (TPSA) is 78.3 Å². The normalized spacial score (nSPS) is 20.6. The largest absolute Gasteiger partial charge is 0.478 e. The van der Waals surface area contributed by atoms with Gasteiger partial charge in [-0.1, -0.05) is 0 Å². The first-order valence-corrected chi connectivity index (χ1v) is 8.15. The molecule has 1 aliphatic rings. The van der Waals surface area contributed by atoms with E-state index >= 15 is 0 Å². The third-order valence-electron chi connectivity index (χ3n) is 4.09. The molecule has 1 N–H and O–H groups in total. The van der Waals surface area contributed by atoms with Crippen molar-refractivity contribution in [2.75, 3.05) is 13.2 Å². The van der Waals surface area contributed by atoms with Crippen LogP contribution in [0.15, 0.2) is 30.9 Å². The summed E-state index contributed by atoms with van der Waals surface area (Å²) in [6.07, 6.45) is 6.59. The number of aromatic nitrogens is 3. The number of ether oxygens (including phenoxy) is 2. The minimum atomic E-state index is -0.124. The predicted octanol–water partition coefficient (Wildman–Crippen LogP) is 1.86. The van der Waals surface area contributed by atoms with Crippen molar-refractivity contribution < 1.29 is 14.3 Å². The quantitative estimate of drug-likeness (QED) is 0.905. The number of amides is 1. The minimum Gasteiger partial charge on any atom is -0.478 e. The number of carbonyl (C=O) groups excluding carboxylic acids is 1. The summed E-state index contributed by atoms with van der Waals surface area (Å²) in [5.74, 6) is 0.401. The second-order valence-electron chi connectivity index (χ2n) is 5.80. The van der Waals surface area contributed by atoms with E-state index in [1.165, 1.54) is 6.20 Å². The molecule has 7 nitrogen and oxygen atoms in total. The molecule has 2 aromatic rings. The van der Waals surface area contributed by atoms with Gasteiger partial charge in [-0.3, -0.25) is 4.79 Å².